The summed E-state index contributed by atoms with van der Waals surface area (Å²) in [5, 5.41) is 6.82. The maximum Gasteiger partial charge on any atom is 0.203 e. The zero-order valence-corrected chi connectivity index (χ0v) is 11.1. The number of methoxy groups -OCH3 is 3. The van der Waals surface area contributed by atoms with Crippen molar-refractivity contribution in [2.24, 2.45) is 0 Å². The lowest BCUT2D eigenvalue weighted by Gasteiger charge is -2.26. The van der Waals surface area contributed by atoms with E-state index in [1.165, 1.54) is 0 Å². The van der Waals surface area contributed by atoms with Gasteiger partial charge in [0.25, 0.3) is 0 Å². The molecule has 100 valence electrons. The summed E-state index contributed by atoms with van der Waals surface area (Å²) in [5.41, 5.74) is 1.14. The molecule has 0 amide bonds. The molecule has 1 fully saturated rings. The van der Waals surface area contributed by atoms with Crippen LogP contribution in [0.2, 0.25) is 0 Å². The average molecular weight is 252 g/mol. The van der Waals surface area contributed by atoms with E-state index >= 15 is 0 Å². The molecule has 1 atom stereocenters. The van der Waals surface area contributed by atoms with Gasteiger partial charge in [-0.05, 0) is 17.7 Å². The first-order valence-corrected chi connectivity index (χ1v) is 6.04. The average Bonchev–Trinajstić information content (AvgIpc) is 2.46. The number of hydrogen-bond donors (Lipinski definition) is 2. The molecule has 1 aromatic carbocycles. The molecule has 0 aliphatic carbocycles. The van der Waals surface area contributed by atoms with Gasteiger partial charge in [-0.15, -0.1) is 0 Å². The highest BCUT2D eigenvalue weighted by Crippen LogP contribution is 2.39. The summed E-state index contributed by atoms with van der Waals surface area (Å²) in [5.74, 6) is 2.02. The second-order valence-corrected chi connectivity index (χ2v) is 4.17. The zero-order valence-electron chi connectivity index (χ0n) is 11.1. The van der Waals surface area contributed by atoms with E-state index in [9.17, 15) is 0 Å². The number of ether oxygens (including phenoxy) is 3. The second kappa shape index (κ2) is 5.93. The molecule has 0 saturated carbocycles. The Hall–Kier alpha value is -1.46. The highest BCUT2D eigenvalue weighted by molar-refractivity contribution is 5.54. The Morgan fingerprint density at radius 2 is 1.67 bits per heavy atom. The molecule has 0 bridgehead atoms. The van der Waals surface area contributed by atoms with Crippen molar-refractivity contribution in [2.75, 3.05) is 41.0 Å². The van der Waals surface area contributed by atoms with E-state index in [1.807, 2.05) is 12.1 Å². The van der Waals surface area contributed by atoms with Gasteiger partial charge < -0.3 is 24.8 Å². The minimum atomic E-state index is 0.271. The number of hydrogen-bond acceptors (Lipinski definition) is 5. The van der Waals surface area contributed by atoms with Crippen LogP contribution in [0.3, 0.4) is 0 Å². The fourth-order valence-corrected chi connectivity index (χ4v) is 2.19. The highest BCUT2D eigenvalue weighted by atomic mass is 16.5. The molecular formula is C13H20N2O3. The van der Waals surface area contributed by atoms with Crippen LogP contribution < -0.4 is 24.8 Å². The molecule has 5 heteroatoms. The van der Waals surface area contributed by atoms with Gasteiger partial charge in [0.05, 0.1) is 21.3 Å². The van der Waals surface area contributed by atoms with Crippen molar-refractivity contribution in [1.29, 1.82) is 0 Å². The predicted octanol–water partition coefficient (Wildman–Crippen LogP) is 0.946. The molecule has 2 N–H and O–H groups in total. The molecule has 0 aromatic heterocycles. The van der Waals surface area contributed by atoms with Crippen LogP contribution in [0, 0.1) is 0 Å². The fourth-order valence-electron chi connectivity index (χ4n) is 2.19. The summed E-state index contributed by atoms with van der Waals surface area (Å²) in [4.78, 5) is 0. The lowest BCUT2D eigenvalue weighted by Crippen LogP contribution is -2.42. The minimum Gasteiger partial charge on any atom is -0.493 e. The lowest BCUT2D eigenvalue weighted by atomic mass is 10.0. The van der Waals surface area contributed by atoms with Gasteiger partial charge in [-0.25, -0.2) is 0 Å². The van der Waals surface area contributed by atoms with E-state index in [1.54, 1.807) is 21.3 Å². The van der Waals surface area contributed by atoms with Crippen molar-refractivity contribution in [3.63, 3.8) is 0 Å². The Balaban J connectivity index is 2.35. The molecule has 18 heavy (non-hydrogen) atoms. The van der Waals surface area contributed by atoms with Gasteiger partial charge in [0.2, 0.25) is 5.75 Å². The Kier molecular flexibility index (Phi) is 4.28. The molecular weight excluding hydrogens is 232 g/mol. The third-order valence-electron chi connectivity index (χ3n) is 3.13. The standard InChI is InChI=1S/C13H20N2O3/c1-16-11-6-9(10-8-14-4-5-15-10)7-12(17-2)13(11)18-3/h6-7,10,14-15H,4-5,8H2,1-3H3/t10-/m1/s1. The van der Waals surface area contributed by atoms with Crippen LogP contribution in [-0.4, -0.2) is 41.0 Å². The summed E-state index contributed by atoms with van der Waals surface area (Å²) in [7, 11) is 4.88. The minimum absolute atomic E-state index is 0.271. The van der Waals surface area contributed by atoms with Crippen LogP contribution in [0.4, 0.5) is 0 Å². The van der Waals surface area contributed by atoms with E-state index in [2.05, 4.69) is 10.6 Å². The third kappa shape index (κ3) is 2.52. The first-order chi connectivity index (χ1) is 8.80. The first-order valence-electron chi connectivity index (χ1n) is 6.04. The molecule has 1 saturated heterocycles. The largest absolute Gasteiger partial charge is 0.493 e. The van der Waals surface area contributed by atoms with Gasteiger partial charge in [-0.1, -0.05) is 0 Å². The molecule has 0 spiro atoms. The van der Waals surface area contributed by atoms with Crippen LogP contribution in [0.25, 0.3) is 0 Å². The van der Waals surface area contributed by atoms with Gasteiger partial charge in [-0.2, -0.15) is 0 Å². The SMILES string of the molecule is COc1cc([C@H]2CNCCN2)cc(OC)c1OC. The number of rotatable bonds is 4. The van der Waals surface area contributed by atoms with Crippen LogP contribution in [0.5, 0.6) is 17.2 Å². The lowest BCUT2D eigenvalue weighted by molar-refractivity contribution is 0.322. The van der Waals surface area contributed by atoms with Crippen LogP contribution >= 0.6 is 0 Å². The van der Waals surface area contributed by atoms with Crippen molar-refractivity contribution < 1.29 is 14.2 Å². The normalized spacial score (nSPS) is 19.4. The smallest absolute Gasteiger partial charge is 0.203 e. The molecule has 1 aromatic rings. The van der Waals surface area contributed by atoms with Gasteiger partial charge in [-0.3, -0.25) is 0 Å². The summed E-state index contributed by atoms with van der Waals surface area (Å²) in [6.45, 7) is 2.86. The zero-order chi connectivity index (χ0) is 13.0. The highest BCUT2D eigenvalue weighted by Gasteiger charge is 2.19. The van der Waals surface area contributed by atoms with Crippen LogP contribution in [0.15, 0.2) is 12.1 Å². The summed E-state index contributed by atoms with van der Waals surface area (Å²) in [6, 6.07) is 4.25. The summed E-state index contributed by atoms with van der Waals surface area (Å²) >= 11 is 0. The van der Waals surface area contributed by atoms with Gasteiger partial charge in [0, 0.05) is 25.7 Å². The predicted molar refractivity (Wildman–Crippen MR) is 69.7 cm³/mol. The van der Waals surface area contributed by atoms with Gasteiger partial charge in [0.15, 0.2) is 11.5 Å². The molecule has 2 rings (SSSR count). The number of benzene rings is 1. The fraction of sp³-hybridized carbons (Fsp3) is 0.538. The second-order valence-electron chi connectivity index (χ2n) is 4.17. The Morgan fingerprint density at radius 1 is 1.00 bits per heavy atom. The molecule has 1 heterocycles. The molecule has 5 nitrogen and oxygen atoms in total. The molecule has 0 unspecified atom stereocenters. The van der Waals surface area contributed by atoms with Gasteiger partial charge in [0.1, 0.15) is 0 Å². The molecule has 1 aliphatic rings. The topological polar surface area (TPSA) is 51.8 Å². The summed E-state index contributed by atoms with van der Waals surface area (Å²) in [6.07, 6.45) is 0. The van der Waals surface area contributed by atoms with Crippen LogP contribution in [0.1, 0.15) is 11.6 Å². The third-order valence-corrected chi connectivity index (χ3v) is 3.13. The first kappa shape index (κ1) is 13.0. The van der Waals surface area contributed by atoms with Crippen molar-refractivity contribution in [1.82, 2.24) is 10.6 Å². The number of piperazine rings is 1. The van der Waals surface area contributed by atoms with Crippen molar-refractivity contribution in [2.45, 2.75) is 6.04 Å². The summed E-state index contributed by atoms with van der Waals surface area (Å²) < 4.78 is 16.0. The van der Waals surface area contributed by atoms with E-state index in [-0.39, 0.29) is 6.04 Å². The molecule has 0 radical (unpaired) electrons. The Morgan fingerprint density at radius 3 is 2.11 bits per heavy atom. The number of nitrogens with one attached hydrogen (secondary N) is 2. The maximum atomic E-state index is 5.36. The van der Waals surface area contributed by atoms with Crippen molar-refractivity contribution >= 4 is 0 Å². The van der Waals surface area contributed by atoms with Crippen LogP contribution in [-0.2, 0) is 0 Å². The van der Waals surface area contributed by atoms with Gasteiger partial charge >= 0.3 is 0 Å². The van der Waals surface area contributed by atoms with Crippen molar-refractivity contribution in [3.8, 4) is 17.2 Å². The maximum absolute atomic E-state index is 5.36. The van der Waals surface area contributed by atoms with E-state index in [0.29, 0.717) is 17.2 Å². The van der Waals surface area contributed by atoms with E-state index in [4.69, 9.17) is 14.2 Å². The van der Waals surface area contributed by atoms with E-state index in [0.717, 1.165) is 25.2 Å². The Bertz CT molecular complexity index is 378. The van der Waals surface area contributed by atoms with Crippen molar-refractivity contribution in [3.05, 3.63) is 17.7 Å². The monoisotopic (exact) mass is 252 g/mol. The Labute approximate surface area is 107 Å². The quantitative estimate of drug-likeness (QED) is 0.835. The van der Waals surface area contributed by atoms with E-state index < -0.39 is 0 Å². The molecule has 1 aliphatic heterocycles.